The molecule has 0 aliphatic rings. The first kappa shape index (κ1) is 12.4. The standard InChI is InChI=1S/C13H11N5OS/c14-10-7-16-18-11(10)12(19)17-9-3-1-2-8(6-9)13-15-4-5-20-13/h1-7H,14H2,(H,16,18)(H,17,19). The fourth-order valence-electron chi connectivity index (χ4n) is 1.77. The molecular weight excluding hydrogens is 274 g/mol. The highest BCUT2D eigenvalue weighted by Gasteiger charge is 2.12. The number of H-pyrrole nitrogens is 1. The summed E-state index contributed by atoms with van der Waals surface area (Å²) in [6, 6.07) is 7.48. The van der Waals surface area contributed by atoms with Crippen molar-refractivity contribution in [1.82, 2.24) is 15.2 Å². The molecule has 0 aliphatic carbocycles. The summed E-state index contributed by atoms with van der Waals surface area (Å²) in [7, 11) is 0. The summed E-state index contributed by atoms with van der Waals surface area (Å²) < 4.78 is 0. The molecule has 0 bridgehead atoms. The summed E-state index contributed by atoms with van der Waals surface area (Å²) in [5.74, 6) is -0.323. The van der Waals surface area contributed by atoms with Crippen molar-refractivity contribution in [3.63, 3.8) is 0 Å². The van der Waals surface area contributed by atoms with Crippen LogP contribution in [0.1, 0.15) is 10.5 Å². The normalized spacial score (nSPS) is 10.4. The number of carbonyl (C=O) groups excluding carboxylic acids is 1. The van der Waals surface area contributed by atoms with E-state index in [2.05, 4.69) is 20.5 Å². The van der Waals surface area contributed by atoms with Gasteiger partial charge in [0.25, 0.3) is 5.91 Å². The quantitative estimate of drug-likeness (QED) is 0.688. The summed E-state index contributed by atoms with van der Waals surface area (Å²) >= 11 is 1.54. The van der Waals surface area contributed by atoms with Crippen LogP contribution in [0.2, 0.25) is 0 Å². The number of anilines is 2. The zero-order chi connectivity index (χ0) is 13.9. The first-order chi connectivity index (χ1) is 9.74. The SMILES string of the molecule is Nc1cn[nH]c1C(=O)Nc1cccc(-c2nccs2)c1. The van der Waals surface area contributed by atoms with Crippen molar-refractivity contribution in [2.45, 2.75) is 0 Å². The number of benzene rings is 1. The number of carbonyl (C=O) groups is 1. The number of nitrogen functional groups attached to an aromatic ring is 1. The molecule has 6 nitrogen and oxygen atoms in total. The van der Waals surface area contributed by atoms with Crippen LogP contribution < -0.4 is 11.1 Å². The Labute approximate surface area is 118 Å². The highest BCUT2D eigenvalue weighted by molar-refractivity contribution is 7.13. The van der Waals surface area contributed by atoms with E-state index in [1.165, 1.54) is 6.20 Å². The summed E-state index contributed by atoms with van der Waals surface area (Å²) in [4.78, 5) is 16.3. The second-order valence-corrected chi connectivity index (χ2v) is 4.97. The van der Waals surface area contributed by atoms with Crippen LogP contribution in [-0.2, 0) is 0 Å². The predicted octanol–water partition coefficient (Wildman–Crippen LogP) is 2.37. The minimum atomic E-state index is -0.323. The van der Waals surface area contributed by atoms with Gasteiger partial charge in [-0.3, -0.25) is 9.89 Å². The van der Waals surface area contributed by atoms with Gasteiger partial charge in [0.05, 0.1) is 11.9 Å². The Hall–Kier alpha value is -2.67. The van der Waals surface area contributed by atoms with Gasteiger partial charge in [0.15, 0.2) is 0 Å². The molecule has 0 aliphatic heterocycles. The summed E-state index contributed by atoms with van der Waals surface area (Å²) in [6.45, 7) is 0. The zero-order valence-electron chi connectivity index (χ0n) is 10.3. The molecule has 0 fully saturated rings. The number of hydrogen-bond acceptors (Lipinski definition) is 5. The van der Waals surface area contributed by atoms with Gasteiger partial charge in [0, 0.05) is 22.8 Å². The highest BCUT2D eigenvalue weighted by Crippen LogP contribution is 2.24. The number of nitrogens with one attached hydrogen (secondary N) is 2. The van der Waals surface area contributed by atoms with Crippen molar-refractivity contribution >= 4 is 28.6 Å². The maximum Gasteiger partial charge on any atom is 0.275 e. The van der Waals surface area contributed by atoms with Gasteiger partial charge in [-0.05, 0) is 12.1 Å². The molecule has 0 saturated carbocycles. The number of amides is 1. The maximum atomic E-state index is 12.0. The van der Waals surface area contributed by atoms with Gasteiger partial charge in [-0.25, -0.2) is 4.98 Å². The van der Waals surface area contributed by atoms with E-state index >= 15 is 0 Å². The number of aromatic nitrogens is 3. The molecule has 1 amide bonds. The average molecular weight is 285 g/mol. The Bertz CT molecular complexity index is 735. The van der Waals surface area contributed by atoms with Crippen LogP contribution in [0.25, 0.3) is 10.6 Å². The van der Waals surface area contributed by atoms with Crippen LogP contribution in [0, 0.1) is 0 Å². The largest absolute Gasteiger partial charge is 0.396 e. The molecule has 0 unspecified atom stereocenters. The second-order valence-electron chi connectivity index (χ2n) is 4.07. The van der Waals surface area contributed by atoms with E-state index < -0.39 is 0 Å². The van der Waals surface area contributed by atoms with Gasteiger partial charge >= 0.3 is 0 Å². The first-order valence-corrected chi connectivity index (χ1v) is 6.72. The maximum absolute atomic E-state index is 12.0. The van der Waals surface area contributed by atoms with Gasteiger partial charge < -0.3 is 11.1 Å². The fourth-order valence-corrected chi connectivity index (χ4v) is 2.40. The topological polar surface area (TPSA) is 96.7 Å². The minimum Gasteiger partial charge on any atom is -0.396 e. The smallest absolute Gasteiger partial charge is 0.275 e. The number of nitrogens with two attached hydrogens (primary N) is 1. The molecule has 20 heavy (non-hydrogen) atoms. The van der Waals surface area contributed by atoms with E-state index in [0.29, 0.717) is 11.4 Å². The molecule has 0 spiro atoms. The minimum absolute atomic E-state index is 0.254. The Balaban J connectivity index is 1.83. The molecule has 2 aromatic heterocycles. The Morgan fingerprint density at radius 2 is 2.30 bits per heavy atom. The molecule has 7 heteroatoms. The molecule has 0 saturated heterocycles. The molecule has 0 radical (unpaired) electrons. The van der Waals surface area contributed by atoms with Crippen LogP contribution in [0.5, 0.6) is 0 Å². The number of hydrogen-bond donors (Lipinski definition) is 3. The summed E-state index contributed by atoms with van der Waals surface area (Å²) in [5, 5.41) is 11.9. The van der Waals surface area contributed by atoms with Crippen molar-refractivity contribution in [2.75, 3.05) is 11.1 Å². The monoisotopic (exact) mass is 285 g/mol. The lowest BCUT2D eigenvalue weighted by molar-refractivity contribution is 0.102. The molecule has 0 atom stereocenters. The molecule has 3 aromatic rings. The molecule has 100 valence electrons. The third-order valence-electron chi connectivity index (χ3n) is 2.70. The lowest BCUT2D eigenvalue weighted by atomic mass is 10.2. The van der Waals surface area contributed by atoms with Gasteiger partial charge in [0.1, 0.15) is 10.7 Å². The molecule has 2 heterocycles. The van der Waals surface area contributed by atoms with Gasteiger partial charge in [-0.1, -0.05) is 12.1 Å². The van der Waals surface area contributed by atoms with Gasteiger partial charge in [-0.2, -0.15) is 5.10 Å². The van der Waals surface area contributed by atoms with Gasteiger partial charge in [0.2, 0.25) is 0 Å². The number of aromatic amines is 1. The Kier molecular flexibility index (Phi) is 3.18. The van der Waals surface area contributed by atoms with Crippen molar-refractivity contribution in [3.05, 3.63) is 47.7 Å². The third-order valence-corrected chi connectivity index (χ3v) is 3.52. The van der Waals surface area contributed by atoms with E-state index in [1.807, 2.05) is 29.6 Å². The van der Waals surface area contributed by atoms with Crippen LogP contribution in [0.15, 0.2) is 42.0 Å². The van der Waals surface area contributed by atoms with Crippen LogP contribution >= 0.6 is 11.3 Å². The molecule has 4 N–H and O–H groups in total. The van der Waals surface area contributed by atoms with Crippen molar-refractivity contribution in [3.8, 4) is 10.6 Å². The van der Waals surface area contributed by atoms with Crippen LogP contribution in [-0.4, -0.2) is 21.1 Å². The highest BCUT2D eigenvalue weighted by atomic mass is 32.1. The lowest BCUT2D eigenvalue weighted by Gasteiger charge is -2.05. The third kappa shape index (κ3) is 2.39. The van der Waals surface area contributed by atoms with E-state index in [9.17, 15) is 4.79 Å². The predicted molar refractivity (Wildman–Crippen MR) is 78.5 cm³/mol. The van der Waals surface area contributed by atoms with E-state index in [-0.39, 0.29) is 11.6 Å². The fraction of sp³-hybridized carbons (Fsp3) is 0. The second kappa shape index (κ2) is 5.14. The van der Waals surface area contributed by atoms with Crippen molar-refractivity contribution in [2.24, 2.45) is 0 Å². The van der Waals surface area contributed by atoms with Crippen LogP contribution in [0.4, 0.5) is 11.4 Å². The molecule has 3 rings (SSSR count). The van der Waals surface area contributed by atoms with Crippen LogP contribution in [0.3, 0.4) is 0 Å². The molecular formula is C13H11N5OS. The number of thiazole rings is 1. The van der Waals surface area contributed by atoms with E-state index in [4.69, 9.17) is 5.73 Å². The average Bonchev–Trinajstić information content (AvgIpc) is 3.09. The van der Waals surface area contributed by atoms with E-state index in [0.717, 1.165) is 10.6 Å². The molecule has 1 aromatic carbocycles. The summed E-state index contributed by atoms with van der Waals surface area (Å²) in [6.07, 6.45) is 3.15. The number of rotatable bonds is 3. The van der Waals surface area contributed by atoms with Gasteiger partial charge in [-0.15, -0.1) is 11.3 Å². The Morgan fingerprint density at radius 3 is 3.00 bits per heavy atom. The van der Waals surface area contributed by atoms with Crippen molar-refractivity contribution in [1.29, 1.82) is 0 Å². The Morgan fingerprint density at radius 1 is 1.40 bits per heavy atom. The summed E-state index contributed by atoms with van der Waals surface area (Å²) in [5.41, 5.74) is 7.84. The van der Waals surface area contributed by atoms with Crippen molar-refractivity contribution < 1.29 is 4.79 Å². The lowest BCUT2D eigenvalue weighted by Crippen LogP contribution is -2.14. The van der Waals surface area contributed by atoms with E-state index in [1.54, 1.807) is 17.5 Å². The first-order valence-electron chi connectivity index (χ1n) is 5.84. The number of nitrogens with zero attached hydrogens (tertiary/aromatic N) is 2. The zero-order valence-corrected chi connectivity index (χ0v) is 11.1.